The lowest BCUT2D eigenvalue weighted by molar-refractivity contribution is 0.176. The van der Waals surface area contributed by atoms with Crippen LogP contribution in [0, 0.1) is 0 Å². The van der Waals surface area contributed by atoms with Crippen molar-refractivity contribution >= 4 is 50.0 Å². The number of methoxy groups -OCH3 is 1. The molecule has 0 bridgehead atoms. The fourth-order valence-electron chi connectivity index (χ4n) is 4.48. The molecule has 1 aromatic carbocycles. The number of aliphatic hydroxyl groups is 1. The van der Waals surface area contributed by atoms with Crippen LogP contribution >= 0.6 is 11.3 Å². The average molecular weight is 482 g/mol. The van der Waals surface area contributed by atoms with Gasteiger partial charge in [-0.1, -0.05) is 0 Å². The number of thiophene rings is 1. The molecule has 34 heavy (non-hydrogen) atoms. The highest BCUT2D eigenvalue weighted by molar-refractivity contribution is 7.19. The maximum Gasteiger partial charge on any atom is 0.317 e. The van der Waals surface area contributed by atoms with Crippen LogP contribution in [0.1, 0.15) is 23.8 Å². The normalized spacial score (nSPS) is 15.3. The monoisotopic (exact) mass is 481 g/mol. The van der Waals surface area contributed by atoms with E-state index in [0.717, 1.165) is 51.9 Å². The predicted molar refractivity (Wildman–Crippen MR) is 132 cm³/mol. The molecule has 4 aromatic rings. The number of likely N-dealkylation sites (N-methyl/N-ethyl adjacent to an activating group) is 1. The number of carbonyl (C=O) groups is 1. The SMILES string of the molecule is CCN(CCO)C(=O)NC1CCc2c(sc3ncnc(Nc4cc5cn[nH]c5cc4OC)c23)C1. The first-order valence-corrected chi connectivity index (χ1v) is 12.1. The second-order valence-electron chi connectivity index (χ2n) is 8.23. The number of amides is 2. The minimum absolute atomic E-state index is 0.0425. The van der Waals surface area contributed by atoms with Crippen LogP contribution in [0.3, 0.4) is 0 Å². The molecule has 0 radical (unpaired) electrons. The fraction of sp³-hybridized carbons (Fsp3) is 0.391. The van der Waals surface area contributed by atoms with Gasteiger partial charge in [0, 0.05) is 41.9 Å². The van der Waals surface area contributed by atoms with Gasteiger partial charge in [0.2, 0.25) is 0 Å². The zero-order chi connectivity index (χ0) is 23.7. The quantitative estimate of drug-likeness (QED) is 0.319. The molecule has 0 spiro atoms. The molecule has 11 heteroatoms. The number of hydrogen-bond donors (Lipinski definition) is 4. The lowest BCUT2D eigenvalue weighted by Crippen LogP contribution is -2.47. The number of aromatic amines is 1. The highest BCUT2D eigenvalue weighted by atomic mass is 32.1. The molecule has 0 saturated heterocycles. The van der Waals surface area contributed by atoms with Gasteiger partial charge < -0.3 is 25.4 Å². The van der Waals surface area contributed by atoms with Gasteiger partial charge in [-0.05, 0) is 31.4 Å². The van der Waals surface area contributed by atoms with Gasteiger partial charge >= 0.3 is 6.03 Å². The van der Waals surface area contributed by atoms with E-state index in [1.165, 1.54) is 10.4 Å². The number of anilines is 2. The number of hydrogen-bond acceptors (Lipinski definition) is 8. The Bertz CT molecular complexity index is 1340. The topological polar surface area (TPSA) is 128 Å². The van der Waals surface area contributed by atoms with Crippen molar-refractivity contribution in [1.82, 2.24) is 30.4 Å². The molecule has 1 atom stereocenters. The maximum absolute atomic E-state index is 12.6. The Balaban J connectivity index is 1.42. The Hall–Kier alpha value is -3.44. The summed E-state index contributed by atoms with van der Waals surface area (Å²) in [6, 6.07) is 3.82. The van der Waals surface area contributed by atoms with E-state index in [-0.39, 0.29) is 18.7 Å². The number of urea groups is 1. The number of nitrogens with zero attached hydrogens (tertiary/aromatic N) is 4. The molecule has 2 amide bonds. The molecule has 1 unspecified atom stereocenters. The van der Waals surface area contributed by atoms with Gasteiger partial charge in [0.1, 0.15) is 22.7 Å². The van der Waals surface area contributed by atoms with Crippen LogP contribution in [0.15, 0.2) is 24.7 Å². The molecule has 0 fully saturated rings. The van der Waals surface area contributed by atoms with Crippen molar-refractivity contribution in [2.45, 2.75) is 32.2 Å². The summed E-state index contributed by atoms with van der Waals surface area (Å²) in [4.78, 5) is 25.4. The summed E-state index contributed by atoms with van der Waals surface area (Å²) in [5.74, 6) is 1.44. The second kappa shape index (κ2) is 9.43. The van der Waals surface area contributed by atoms with Gasteiger partial charge in [0.25, 0.3) is 0 Å². The number of aromatic nitrogens is 4. The van der Waals surface area contributed by atoms with E-state index in [1.807, 2.05) is 19.1 Å². The van der Waals surface area contributed by atoms with E-state index in [1.54, 1.807) is 35.9 Å². The van der Waals surface area contributed by atoms with E-state index in [9.17, 15) is 9.90 Å². The molecule has 0 saturated carbocycles. The van der Waals surface area contributed by atoms with Crippen molar-refractivity contribution in [2.24, 2.45) is 0 Å². The molecule has 5 rings (SSSR count). The van der Waals surface area contributed by atoms with Crippen LogP contribution in [0.4, 0.5) is 16.3 Å². The maximum atomic E-state index is 12.6. The Labute approximate surface area is 200 Å². The number of fused-ring (bicyclic) bond motifs is 4. The van der Waals surface area contributed by atoms with Crippen molar-refractivity contribution in [2.75, 3.05) is 32.1 Å². The Morgan fingerprint density at radius 2 is 2.26 bits per heavy atom. The van der Waals surface area contributed by atoms with Crippen molar-refractivity contribution in [3.8, 4) is 5.75 Å². The van der Waals surface area contributed by atoms with E-state index < -0.39 is 0 Å². The molecule has 3 aromatic heterocycles. The van der Waals surface area contributed by atoms with Gasteiger partial charge in [-0.25, -0.2) is 14.8 Å². The number of carbonyl (C=O) groups excluding carboxylic acids is 1. The lowest BCUT2D eigenvalue weighted by Gasteiger charge is -2.27. The Kier molecular flexibility index (Phi) is 6.20. The summed E-state index contributed by atoms with van der Waals surface area (Å²) in [5.41, 5.74) is 2.94. The average Bonchev–Trinajstić information content (AvgIpc) is 3.45. The molecule has 1 aliphatic carbocycles. The van der Waals surface area contributed by atoms with Gasteiger partial charge in [-0.15, -0.1) is 11.3 Å². The van der Waals surface area contributed by atoms with Crippen LogP contribution in [0.5, 0.6) is 5.75 Å². The van der Waals surface area contributed by atoms with Crippen molar-refractivity contribution in [1.29, 1.82) is 0 Å². The van der Waals surface area contributed by atoms with Crippen LogP contribution in [0.2, 0.25) is 0 Å². The minimum atomic E-state index is -0.130. The van der Waals surface area contributed by atoms with E-state index in [4.69, 9.17) is 4.74 Å². The summed E-state index contributed by atoms with van der Waals surface area (Å²) in [5, 5.41) is 24.8. The van der Waals surface area contributed by atoms with Gasteiger partial charge in [0.15, 0.2) is 0 Å². The molecular weight excluding hydrogens is 454 g/mol. The number of ether oxygens (including phenoxy) is 1. The highest BCUT2D eigenvalue weighted by Gasteiger charge is 2.27. The number of nitrogens with one attached hydrogen (secondary N) is 3. The third-order valence-electron chi connectivity index (χ3n) is 6.23. The molecule has 4 N–H and O–H groups in total. The number of aliphatic hydroxyl groups excluding tert-OH is 1. The Morgan fingerprint density at radius 3 is 3.06 bits per heavy atom. The molecule has 1 aliphatic rings. The zero-order valence-electron chi connectivity index (χ0n) is 19.1. The summed E-state index contributed by atoms with van der Waals surface area (Å²) in [7, 11) is 1.64. The molecule has 3 heterocycles. The van der Waals surface area contributed by atoms with E-state index in [2.05, 4.69) is 30.8 Å². The zero-order valence-corrected chi connectivity index (χ0v) is 19.9. The first kappa shape index (κ1) is 22.4. The summed E-state index contributed by atoms with van der Waals surface area (Å²) >= 11 is 1.65. The lowest BCUT2D eigenvalue weighted by atomic mass is 9.93. The third kappa shape index (κ3) is 4.12. The van der Waals surface area contributed by atoms with Crippen molar-refractivity contribution < 1.29 is 14.6 Å². The Morgan fingerprint density at radius 1 is 1.38 bits per heavy atom. The van der Waals surface area contributed by atoms with E-state index >= 15 is 0 Å². The first-order chi connectivity index (χ1) is 16.6. The summed E-state index contributed by atoms with van der Waals surface area (Å²) in [6.45, 7) is 2.76. The highest BCUT2D eigenvalue weighted by Crippen LogP contribution is 2.40. The van der Waals surface area contributed by atoms with E-state index in [0.29, 0.717) is 18.8 Å². The van der Waals surface area contributed by atoms with Crippen LogP contribution in [0.25, 0.3) is 21.1 Å². The summed E-state index contributed by atoms with van der Waals surface area (Å²) < 4.78 is 5.59. The smallest absolute Gasteiger partial charge is 0.317 e. The standard InChI is InChI=1S/C23H27N7O3S/c1-3-30(6-7-31)23(32)27-14-4-5-15-19(9-14)34-22-20(15)21(24-12-25-22)28-17-8-13-11-26-29-16(13)10-18(17)33-2/h8,10-12,14,31H,3-7,9H2,1-2H3,(H,26,29)(H,27,32)(H,24,25,28). The first-order valence-electron chi connectivity index (χ1n) is 11.3. The largest absolute Gasteiger partial charge is 0.494 e. The third-order valence-corrected chi connectivity index (χ3v) is 7.39. The number of aryl methyl sites for hydroxylation is 1. The van der Waals surface area contributed by atoms with Crippen molar-refractivity contribution in [3.05, 3.63) is 35.1 Å². The fourth-order valence-corrected chi connectivity index (χ4v) is 5.75. The molecule has 0 aliphatic heterocycles. The molecular formula is C23H27N7O3S. The van der Waals surface area contributed by atoms with Crippen LogP contribution in [-0.4, -0.2) is 69.1 Å². The number of rotatable bonds is 7. The number of H-pyrrole nitrogens is 1. The van der Waals surface area contributed by atoms with Gasteiger partial charge in [0.05, 0.1) is 36.5 Å². The second-order valence-corrected chi connectivity index (χ2v) is 9.32. The van der Waals surface area contributed by atoms with Gasteiger partial charge in [-0.2, -0.15) is 5.10 Å². The summed E-state index contributed by atoms with van der Waals surface area (Å²) in [6.07, 6.45) is 5.76. The minimum Gasteiger partial charge on any atom is -0.494 e. The molecule has 178 valence electrons. The van der Waals surface area contributed by atoms with Gasteiger partial charge in [-0.3, -0.25) is 5.10 Å². The van der Waals surface area contributed by atoms with Crippen LogP contribution < -0.4 is 15.4 Å². The predicted octanol–water partition coefficient (Wildman–Crippen LogP) is 3.20. The molecule has 10 nitrogen and oxygen atoms in total. The van der Waals surface area contributed by atoms with Crippen molar-refractivity contribution in [3.63, 3.8) is 0 Å². The number of benzene rings is 1. The van der Waals surface area contributed by atoms with Crippen LogP contribution in [-0.2, 0) is 12.8 Å².